The quantitative estimate of drug-likeness (QED) is 0.0443. The summed E-state index contributed by atoms with van der Waals surface area (Å²) in [7, 11) is -4.36. The Kier molecular flexibility index (Phi) is 20.7. The number of carbonyl (C=O) groups is 2. The van der Waals surface area contributed by atoms with Crippen molar-refractivity contribution in [1.82, 2.24) is 0 Å². The number of unbranched alkanes of at least 4 members (excludes halogenated alkanes) is 8. The van der Waals surface area contributed by atoms with Gasteiger partial charge in [-0.1, -0.05) is 136 Å². The number of hydrogen-bond donors (Lipinski definition) is 3. The summed E-state index contributed by atoms with van der Waals surface area (Å²) in [6.45, 7) is 1.08. The van der Waals surface area contributed by atoms with Gasteiger partial charge in [-0.05, 0) is 104 Å². The number of carbonyl (C=O) groups excluding carboxylic acids is 2. The number of aliphatic hydroxyl groups is 1. The molecule has 10 nitrogen and oxygen atoms in total. The lowest BCUT2D eigenvalue weighted by atomic mass is 9.98. The van der Waals surface area contributed by atoms with E-state index in [4.69, 9.17) is 24.4 Å². The highest BCUT2D eigenvalue weighted by Crippen LogP contribution is 2.61. The Hall–Kier alpha value is -3.01. The van der Waals surface area contributed by atoms with Gasteiger partial charge in [0.05, 0.1) is 6.61 Å². The molecule has 0 atom stereocenters. The highest BCUT2D eigenvalue weighted by Gasteiger charge is 2.30. The smallest absolute Gasteiger partial charge is 0.465 e. The molecule has 0 aromatic heterocycles. The summed E-state index contributed by atoms with van der Waals surface area (Å²) in [4.78, 5) is 41.4. The molecule has 0 unspecified atom stereocenters. The van der Waals surface area contributed by atoms with Crippen LogP contribution in [0.1, 0.15) is 111 Å². The number of hydrogen-bond acceptors (Lipinski definition) is 8. The highest BCUT2D eigenvalue weighted by molar-refractivity contribution is 8.24. The molecule has 6 rings (SSSR count). The molecule has 0 spiro atoms. The summed E-state index contributed by atoms with van der Waals surface area (Å²) < 4.78 is 35.6. The second kappa shape index (κ2) is 25.1. The molecule has 59 heavy (non-hydrogen) atoms. The molecule has 2 aliphatic carbocycles. The van der Waals surface area contributed by atoms with Gasteiger partial charge in [-0.3, -0.25) is 18.7 Å². The maximum atomic E-state index is 12.1. The van der Waals surface area contributed by atoms with E-state index in [0.717, 1.165) is 57.8 Å². The van der Waals surface area contributed by atoms with Crippen molar-refractivity contribution < 1.29 is 47.6 Å². The van der Waals surface area contributed by atoms with Gasteiger partial charge in [0.25, 0.3) is 0 Å². The van der Waals surface area contributed by atoms with Crippen LogP contribution in [-0.2, 0) is 32.7 Å². The number of phosphoric acid groups is 1. The summed E-state index contributed by atoms with van der Waals surface area (Å²) in [5.41, 5.74) is 9.85. The number of halogens is 3. The van der Waals surface area contributed by atoms with Crippen molar-refractivity contribution in [3.8, 4) is 22.3 Å². The van der Waals surface area contributed by atoms with Crippen LogP contribution in [0.4, 0.5) is 0 Å². The van der Waals surface area contributed by atoms with E-state index in [9.17, 15) is 18.7 Å². The molecule has 320 valence electrons. The standard InChI is InChI=1S/C22H27O6P.C22H26O3.Cl3OP/c23-22(14-4-2-1-3-9-15-28-29(24,25)26)27-16-21-19-12-7-5-10-17(19)18-11-6-8-13-20(18)21;23-15-9-3-1-2-4-14-22(24)25-16-21-19-12-7-5-10-17(19)18-11-6-8-13-20(18)21;1-5(2,3)4/h5-8,10-13,21H,1-4,9,14-16H2,(H2,24,25,26);5-8,10-13,21,23H,1-4,9,14-16H2;. The van der Waals surface area contributed by atoms with Crippen molar-refractivity contribution in [2.75, 3.05) is 26.4 Å². The Bertz CT molecular complexity index is 1940. The van der Waals surface area contributed by atoms with Crippen molar-refractivity contribution in [3.05, 3.63) is 119 Å². The normalized spacial score (nSPS) is 12.8. The Labute approximate surface area is 361 Å². The third-order valence-corrected chi connectivity index (χ3v) is 10.6. The van der Waals surface area contributed by atoms with Crippen molar-refractivity contribution in [2.45, 2.75) is 88.9 Å². The summed E-state index contributed by atoms with van der Waals surface area (Å²) >= 11 is 13.8. The van der Waals surface area contributed by atoms with Gasteiger partial charge in [0.15, 0.2) is 0 Å². The Morgan fingerprint density at radius 1 is 0.508 bits per heavy atom. The lowest BCUT2D eigenvalue weighted by molar-refractivity contribution is -0.145. The van der Waals surface area contributed by atoms with Gasteiger partial charge in [-0.15, -0.1) is 0 Å². The number of aliphatic hydroxyl groups excluding tert-OH is 1. The lowest BCUT2D eigenvalue weighted by Gasteiger charge is -2.14. The average Bonchev–Trinajstić information content (AvgIpc) is 3.70. The highest BCUT2D eigenvalue weighted by atomic mass is 36.0. The third-order valence-electron chi connectivity index (χ3n) is 10.1. The van der Waals surface area contributed by atoms with Gasteiger partial charge in [0.1, 0.15) is 13.2 Å². The molecule has 0 heterocycles. The summed E-state index contributed by atoms with van der Waals surface area (Å²) in [6.07, 6.45) is 9.61. The molecule has 0 fully saturated rings. The Morgan fingerprint density at radius 3 is 1.15 bits per heavy atom. The van der Waals surface area contributed by atoms with Gasteiger partial charge in [-0.25, -0.2) is 4.57 Å². The van der Waals surface area contributed by atoms with E-state index in [-0.39, 0.29) is 37.0 Å². The Balaban J connectivity index is 0.000000236. The number of esters is 2. The second-order valence-corrected chi connectivity index (χ2v) is 22.2. The number of fused-ring (bicyclic) bond motifs is 6. The summed E-state index contributed by atoms with van der Waals surface area (Å²) in [5.74, 6) is -0.0676. The largest absolute Gasteiger partial charge is 0.469 e. The molecule has 4 aromatic carbocycles. The first-order chi connectivity index (χ1) is 28.3. The van der Waals surface area contributed by atoms with Crippen LogP contribution in [0.3, 0.4) is 0 Å². The number of rotatable bonds is 20. The minimum atomic E-state index is -4.36. The molecule has 0 aliphatic heterocycles. The van der Waals surface area contributed by atoms with Crippen LogP contribution in [0.15, 0.2) is 97.1 Å². The maximum absolute atomic E-state index is 12.1. The van der Waals surface area contributed by atoms with E-state index in [1.807, 2.05) is 36.4 Å². The first-order valence-corrected chi connectivity index (χ1v) is 25.9. The molecule has 0 bridgehead atoms. The minimum absolute atomic E-state index is 0.0522. The maximum Gasteiger partial charge on any atom is 0.469 e. The molecule has 0 saturated heterocycles. The van der Waals surface area contributed by atoms with Crippen molar-refractivity contribution >= 4 is 58.7 Å². The number of ether oxygens (including phenoxy) is 2. The van der Waals surface area contributed by atoms with Crippen molar-refractivity contribution in [1.29, 1.82) is 0 Å². The van der Waals surface area contributed by atoms with Crippen LogP contribution in [0.25, 0.3) is 22.3 Å². The second-order valence-electron chi connectivity index (χ2n) is 14.3. The first-order valence-electron chi connectivity index (χ1n) is 19.9. The summed E-state index contributed by atoms with van der Waals surface area (Å²) in [5, 5.41) is 5.53. The van der Waals surface area contributed by atoms with Gasteiger partial charge >= 0.3 is 25.0 Å². The molecule has 0 amide bonds. The molecule has 4 aromatic rings. The first kappa shape index (κ1) is 48.7. The van der Waals surface area contributed by atoms with E-state index < -0.39 is 13.0 Å². The predicted molar refractivity (Wildman–Crippen MR) is 235 cm³/mol. The molecule has 15 heteroatoms. The molecular weight excluding hydrogens is 857 g/mol. The predicted octanol–water partition coefficient (Wildman–Crippen LogP) is 12.3. The zero-order valence-corrected chi connectivity index (χ0v) is 37.0. The molecule has 0 saturated carbocycles. The molecule has 0 radical (unpaired) electrons. The molecule has 3 N–H and O–H groups in total. The van der Waals surface area contributed by atoms with Crippen LogP contribution >= 0.6 is 46.7 Å². The van der Waals surface area contributed by atoms with Crippen LogP contribution < -0.4 is 0 Å². The van der Waals surface area contributed by atoms with Crippen LogP contribution in [0.2, 0.25) is 0 Å². The van der Waals surface area contributed by atoms with Gasteiger partial charge in [0, 0.05) is 31.3 Å². The van der Waals surface area contributed by atoms with Gasteiger partial charge < -0.3 is 24.4 Å². The zero-order chi connectivity index (χ0) is 42.7. The van der Waals surface area contributed by atoms with Crippen LogP contribution in [0, 0.1) is 0 Å². The number of phosphoric ester groups is 1. The van der Waals surface area contributed by atoms with Gasteiger partial charge in [0.2, 0.25) is 0 Å². The van der Waals surface area contributed by atoms with E-state index in [1.165, 1.54) is 44.5 Å². The fraction of sp³-hybridized carbons (Fsp3) is 0.409. The van der Waals surface area contributed by atoms with E-state index >= 15 is 0 Å². The summed E-state index contributed by atoms with van der Waals surface area (Å²) in [6, 6.07) is 33.3. The van der Waals surface area contributed by atoms with Gasteiger partial charge in [-0.2, -0.15) is 0 Å². The molecular formula is C44H53Cl3O10P2. The van der Waals surface area contributed by atoms with Crippen LogP contribution in [0.5, 0.6) is 0 Å². The van der Waals surface area contributed by atoms with Crippen molar-refractivity contribution in [3.63, 3.8) is 0 Å². The molecule has 2 aliphatic rings. The monoisotopic (exact) mass is 908 g/mol. The van der Waals surface area contributed by atoms with E-state index in [1.54, 1.807) is 0 Å². The zero-order valence-electron chi connectivity index (χ0n) is 32.9. The average molecular weight is 910 g/mol. The lowest BCUT2D eigenvalue weighted by Crippen LogP contribution is -2.12. The van der Waals surface area contributed by atoms with E-state index in [0.29, 0.717) is 32.5 Å². The van der Waals surface area contributed by atoms with Crippen LogP contribution in [-0.4, -0.2) is 53.3 Å². The third kappa shape index (κ3) is 17.1. The van der Waals surface area contributed by atoms with Crippen molar-refractivity contribution in [2.24, 2.45) is 0 Å². The fourth-order valence-corrected chi connectivity index (χ4v) is 7.74. The SMILES string of the molecule is O=C(CCCCCCCO)OCC1c2ccccc2-c2ccccc21.O=C(CCCCCCCOP(=O)(O)O)OCC1c2ccccc2-c2ccccc21.O=P(Cl)(Cl)Cl. The topological polar surface area (TPSA) is 157 Å². The Morgan fingerprint density at radius 2 is 0.814 bits per heavy atom. The number of benzene rings is 4. The minimum Gasteiger partial charge on any atom is -0.465 e. The fourth-order valence-electron chi connectivity index (χ4n) is 7.37. The van der Waals surface area contributed by atoms with E-state index in [2.05, 4.69) is 98.9 Å².